The molecular weight excluding hydrogens is 304 g/mol. The third-order valence-electron chi connectivity index (χ3n) is 3.27. The molecule has 2 unspecified atom stereocenters. The molecule has 128 valence electrons. The van der Waals surface area contributed by atoms with Gasteiger partial charge in [0.15, 0.2) is 12.3 Å². The first-order chi connectivity index (χ1) is 10.2. The number of hydrogen-bond acceptors (Lipinski definition) is 9. The Kier molecular flexibility index (Phi) is 6.62. The summed E-state index contributed by atoms with van der Waals surface area (Å²) in [4.78, 5) is 22.5. The topological polar surface area (TPSA) is 180 Å². The minimum Gasteiger partial charge on any atom is -0.480 e. The molecule has 6 atom stereocenters. The van der Waals surface area contributed by atoms with Gasteiger partial charge in [-0.1, -0.05) is 0 Å². The predicted molar refractivity (Wildman–Crippen MR) is 67.9 cm³/mol. The van der Waals surface area contributed by atoms with Crippen molar-refractivity contribution in [3.63, 3.8) is 0 Å². The van der Waals surface area contributed by atoms with Gasteiger partial charge in [0.05, 0.1) is 13.2 Å². The van der Waals surface area contributed by atoms with Gasteiger partial charge in [0.25, 0.3) is 0 Å². The lowest BCUT2D eigenvalue weighted by Crippen LogP contribution is -2.67. The molecule has 1 heterocycles. The second kappa shape index (κ2) is 7.78. The number of ether oxygens (including phenoxy) is 1. The van der Waals surface area contributed by atoms with Crippen molar-refractivity contribution in [1.29, 1.82) is 0 Å². The molecule has 0 saturated carbocycles. The zero-order valence-corrected chi connectivity index (χ0v) is 11.7. The summed E-state index contributed by atoms with van der Waals surface area (Å²) >= 11 is 0. The molecule has 0 aliphatic carbocycles. The Morgan fingerprint density at radius 3 is 2.18 bits per heavy atom. The van der Waals surface area contributed by atoms with E-state index in [2.05, 4.69) is 5.43 Å². The van der Waals surface area contributed by atoms with E-state index in [1.165, 1.54) is 0 Å². The third-order valence-corrected chi connectivity index (χ3v) is 3.27. The van der Waals surface area contributed by atoms with Gasteiger partial charge in [-0.3, -0.25) is 9.80 Å². The van der Waals surface area contributed by atoms with Crippen LogP contribution >= 0.6 is 0 Å². The quantitative estimate of drug-likeness (QED) is 0.236. The molecule has 7 N–H and O–H groups in total. The smallest absolute Gasteiger partial charge is 0.330 e. The largest absolute Gasteiger partial charge is 0.480 e. The number of aliphatic carboxylic acids is 1. The van der Waals surface area contributed by atoms with Crippen molar-refractivity contribution >= 4 is 11.9 Å². The first-order valence-corrected chi connectivity index (χ1v) is 6.44. The average molecular weight is 324 g/mol. The van der Waals surface area contributed by atoms with Crippen molar-refractivity contribution in [2.75, 3.05) is 13.2 Å². The van der Waals surface area contributed by atoms with Crippen molar-refractivity contribution in [2.24, 2.45) is 0 Å². The predicted octanol–water partition coefficient (Wildman–Crippen LogP) is -4.42. The Bertz CT molecular complexity index is 405. The van der Waals surface area contributed by atoms with Gasteiger partial charge >= 0.3 is 5.97 Å². The molecule has 1 aliphatic rings. The summed E-state index contributed by atoms with van der Waals surface area (Å²) in [6, 6.07) is -1.65. The fourth-order valence-electron chi connectivity index (χ4n) is 2.02. The summed E-state index contributed by atoms with van der Waals surface area (Å²) in [7, 11) is 0. The summed E-state index contributed by atoms with van der Waals surface area (Å²) in [5.41, 5.74) is 2.24. The van der Waals surface area contributed by atoms with Crippen LogP contribution in [0.25, 0.3) is 0 Å². The second-order valence-corrected chi connectivity index (χ2v) is 4.80. The van der Waals surface area contributed by atoms with Crippen LogP contribution in [0, 0.1) is 0 Å². The molecule has 0 spiro atoms. The van der Waals surface area contributed by atoms with Crippen LogP contribution in [0.3, 0.4) is 0 Å². The molecule has 0 aromatic rings. The number of hydrazine groups is 1. The SMILES string of the molecule is CC(=O)N(NC1O[C@@H](CO)[C@H](O)[C@@H](O)[C@@H]1O)C(CO)C(=O)O. The summed E-state index contributed by atoms with van der Waals surface area (Å²) in [5.74, 6) is -2.30. The van der Waals surface area contributed by atoms with Gasteiger partial charge in [-0.2, -0.15) is 0 Å². The Balaban J connectivity index is 2.92. The minimum absolute atomic E-state index is 0.523. The minimum atomic E-state index is -1.70. The molecule has 0 radical (unpaired) electrons. The number of aliphatic hydroxyl groups excluding tert-OH is 5. The number of carbonyl (C=O) groups is 2. The van der Waals surface area contributed by atoms with E-state index < -0.39 is 61.8 Å². The molecule has 11 heteroatoms. The van der Waals surface area contributed by atoms with E-state index in [1.807, 2.05) is 0 Å². The van der Waals surface area contributed by atoms with E-state index in [-0.39, 0.29) is 0 Å². The Labute approximate surface area is 125 Å². The number of amides is 1. The van der Waals surface area contributed by atoms with Gasteiger partial charge in [0.2, 0.25) is 5.91 Å². The molecule has 0 aromatic heterocycles. The van der Waals surface area contributed by atoms with Crippen LogP contribution in [-0.2, 0) is 14.3 Å². The molecular formula is C11H20N2O9. The summed E-state index contributed by atoms with van der Waals surface area (Å²) in [5, 5.41) is 56.6. The van der Waals surface area contributed by atoms with Crippen molar-refractivity contribution in [3.8, 4) is 0 Å². The molecule has 0 aromatic carbocycles. The fourth-order valence-corrected chi connectivity index (χ4v) is 2.02. The second-order valence-electron chi connectivity index (χ2n) is 4.80. The molecule has 1 fully saturated rings. The lowest BCUT2D eigenvalue weighted by molar-refractivity contribution is -0.249. The number of carboxylic acid groups (broad SMARTS) is 1. The van der Waals surface area contributed by atoms with Crippen LogP contribution in [0.4, 0.5) is 0 Å². The van der Waals surface area contributed by atoms with E-state index in [0.29, 0.717) is 5.01 Å². The number of rotatable bonds is 6. The first-order valence-electron chi connectivity index (χ1n) is 6.44. The van der Waals surface area contributed by atoms with Crippen LogP contribution in [0.5, 0.6) is 0 Å². The summed E-state index contributed by atoms with van der Waals surface area (Å²) in [6.07, 6.45) is -7.67. The Morgan fingerprint density at radius 1 is 1.18 bits per heavy atom. The molecule has 11 nitrogen and oxygen atoms in total. The molecule has 1 aliphatic heterocycles. The van der Waals surface area contributed by atoms with Crippen molar-refractivity contribution < 1.29 is 45.0 Å². The molecule has 1 amide bonds. The van der Waals surface area contributed by atoms with Crippen LogP contribution in [-0.4, -0.2) is 97.4 Å². The van der Waals surface area contributed by atoms with Crippen molar-refractivity contribution in [1.82, 2.24) is 10.4 Å². The third kappa shape index (κ3) is 3.89. The van der Waals surface area contributed by atoms with E-state index >= 15 is 0 Å². The average Bonchev–Trinajstić information content (AvgIpc) is 2.46. The lowest BCUT2D eigenvalue weighted by atomic mass is 9.98. The maximum atomic E-state index is 11.5. The van der Waals surface area contributed by atoms with Crippen LogP contribution in [0.15, 0.2) is 0 Å². The highest BCUT2D eigenvalue weighted by Crippen LogP contribution is 2.20. The monoisotopic (exact) mass is 324 g/mol. The van der Waals surface area contributed by atoms with Gasteiger partial charge < -0.3 is 35.4 Å². The summed E-state index contributed by atoms with van der Waals surface area (Å²) in [6.45, 7) is -0.562. The van der Waals surface area contributed by atoms with Gasteiger partial charge in [-0.15, -0.1) is 0 Å². The van der Waals surface area contributed by atoms with E-state index in [4.69, 9.17) is 20.1 Å². The maximum Gasteiger partial charge on any atom is 0.330 e. The zero-order valence-electron chi connectivity index (χ0n) is 11.7. The zero-order chi connectivity index (χ0) is 17.0. The molecule has 1 saturated heterocycles. The van der Waals surface area contributed by atoms with Gasteiger partial charge in [-0.25, -0.2) is 10.2 Å². The Hall–Kier alpha value is -1.34. The molecule has 0 bridgehead atoms. The van der Waals surface area contributed by atoms with Gasteiger partial charge in [-0.05, 0) is 0 Å². The maximum absolute atomic E-state index is 11.5. The molecule has 22 heavy (non-hydrogen) atoms. The number of carbonyl (C=O) groups excluding carboxylic acids is 1. The highest BCUT2D eigenvalue weighted by molar-refractivity contribution is 5.81. The number of nitrogens with one attached hydrogen (secondary N) is 1. The van der Waals surface area contributed by atoms with Gasteiger partial charge in [0.1, 0.15) is 24.4 Å². The highest BCUT2D eigenvalue weighted by atomic mass is 16.6. The summed E-state index contributed by atoms with van der Waals surface area (Å²) < 4.78 is 5.10. The number of hydrogen-bond donors (Lipinski definition) is 7. The lowest BCUT2D eigenvalue weighted by Gasteiger charge is -2.42. The molecule has 1 rings (SSSR count). The van der Waals surface area contributed by atoms with Crippen molar-refractivity contribution in [3.05, 3.63) is 0 Å². The number of nitrogens with zero attached hydrogens (tertiary/aromatic N) is 1. The number of aliphatic hydroxyl groups is 5. The van der Waals surface area contributed by atoms with Crippen LogP contribution in [0.2, 0.25) is 0 Å². The highest BCUT2D eigenvalue weighted by Gasteiger charge is 2.45. The standard InChI is InChI=1S/C11H20N2O9/c1-4(16)13(5(2-14)11(20)21)12-10-9(19)8(18)7(17)6(3-15)22-10/h5-10,12,14-15,17-19H,2-3H2,1H3,(H,20,21)/t5?,6-,7-,8+,9-,10?/m0/s1. The van der Waals surface area contributed by atoms with Crippen LogP contribution in [0.1, 0.15) is 6.92 Å². The number of carboxylic acids is 1. The van der Waals surface area contributed by atoms with E-state index in [0.717, 1.165) is 6.92 Å². The van der Waals surface area contributed by atoms with E-state index in [9.17, 15) is 24.9 Å². The first kappa shape index (κ1) is 18.7. The van der Waals surface area contributed by atoms with Crippen LogP contribution < -0.4 is 5.43 Å². The Morgan fingerprint density at radius 2 is 1.77 bits per heavy atom. The van der Waals surface area contributed by atoms with Gasteiger partial charge in [0, 0.05) is 6.92 Å². The van der Waals surface area contributed by atoms with Crippen molar-refractivity contribution in [2.45, 2.75) is 43.6 Å². The fraction of sp³-hybridized carbons (Fsp3) is 0.818. The normalized spacial score (nSPS) is 33.3. The van der Waals surface area contributed by atoms with E-state index in [1.54, 1.807) is 0 Å².